The maximum absolute atomic E-state index is 11.2. The first kappa shape index (κ1) is 13.9. The zero-order chi connectivity index (χ0) is 13.8. The minimum Gasteiger partial charge on any atom is -0.478 e. The molecule has 0 saturated heterocycles. The van der Waals surface area contributed by atoms with Gasteiger partial charge in [-0.25, -0.2) is 4.79 Å². The minimum atomic E-state index is -0.858. The van der Waals surface area contributed by atoms with E-state index in [0.717, 1.165) is 23.7 Å². The van der Waals surface area contributed by atoms with Gasteiger partial charge in [-0.2, -0.15) is 0 Å². The number of aryl methyl sites for hydroxylation is 1. The predicted octanol–water partition coefficient (Wildman–Crippen LogP) is 3.93. The van der Waals surface area contributed by atoms with Gasteiger partial charge < -0.3 is 10.4 Å². The van der Waals surface area contributed by atoms with Crippen molar-refractivity contribution in [3.8, 4) is 0 Å². The Kier molecular flexibility index (Phi) is 4.46. The molecule has 3 heteroatoms. The Morgan fingerprint density at radius 1 is 1.42 bits per heavy atom. The second-order valence-corrected chi connectivity index (χ2v) is 5.87. The van der Waals surface area contributed by atoms with E-state index in [0.29, 0.717) is 11.5 Å². The van der Waals surface area contributed by atoms with Crippen molar-refractivity contribution in [3.05, 3.63) is 29.3 Å². The van der Waals surface area contributed by atoms with Crippen molar-refractivity contribution in [3.63, 3.8) is 0 Å². The number of rotatable bonds is 4. The largest absolute Gasteiger partial charge is 0.478 e. The molecule has 1 saturated carbocycles. The monoisotopic (exact) mass is 261 g/mol. The lowest BCUT2D eigenvalue weighted by Crippen LogP contribution is -2.21. The summed E-state index contributed by atoms with van der Waals surface area (Å²) in [5, 5.41) is 12.6. The van der Waals surface area contributed by atoms with E-state index in [9.17, 15) is 9.90 Å². The van der Waals surface area contributed by atoms with Crippen LogP contribution >= 0.6 is 0 Å². The number of benzene rings is 1. The van der Waals surface area contributed by atoms with Gasteiger partial charge in [-0.15, -0.1) is 0 Å². The summed E-state index contributed by atoms with van der Waals surface area (Å²) in [6.45, 7) is 5.10. The van der Waals surface area contributed by atoms with E-state index >= 15 is 0 Å². The van der Waals surface area contributed by atoms with Crippen molar-refractivity contribution in [2.45, 2.75) is 39.5 Å². The average Bonchev–Trinajstić information content (AvgIpc) is 2.37. The summed E-state index contributed by atoms with van der Waals surface area (Å²) in [6, 6.07) is 5.57. The molecule has 0 bridgehead atoms. The van der Waals surface area contributed by atoms with E-state index in [1.165, 1.54) is 25.7 Å². The molecule has 1 aliphatic carbocycles. The molecule has 0 aliphatic heterocycles. The number of aromatic carboxylic acids is 1. The fourth-order valence-corrected chi connectivity index (χ4v) is 2.99. The highest BCUT2D eigenvalue weighted by Crippen LogP contribution is 2.29. The molecule has 1 aromatic rings. The first-order chi connectivity index (χ1) is 9.06. The molecule has 19 heavy (non-hydrogen) atoms. The lowest BCUT2D eigenvalue weighted by Gasteiger charge is -2.27. The Morgan fingerprint density at radius 2 is 2.21 bits per heavy atom. The summed E-state index contributed by atoms with van der Waals surface area (Å²) >= 11 is 0. The Morgan fingerprint density at radius 3 is 2.89 bits per heavy atom. The third-order valence-corrected chi connectivity index (χ3v) is 4.03. The molecule has 3 nitrogen and oxygen atoms in total. The topological polar surface area (TPSA) is 49.3 Å². The summed E-state index contributed by atoms with van der Waals surface area (Å²) in [5.41, 5.74) is 2.11. The third-order valence-electron chi connectivity index (χ3n) is 4.03. The molecule has 0 spiro atoms. The van der Waals surface area contributed by atoms with Gasteiger partial charge in [0.05, 0.1) is 5.56 Å². The van der Waals surface area contributed by atoms with Crippen LogP contribution in [0.25, 0.3) is 0 Å². The van der Waals surface area contributed by atoms with Crippen LogP contribution in [-0.2, 0) is 0 Å². The standard InChI is InChI=1S/C16H23NO2/c1-11-4-3-5-13(8-11)10-17-15-7-6-12(2)9-14(15)16(18)19/h6-7,9,11,13,17H,3-5,8,10H2,1-2H3,(H,18,19). The van der Waals surface area contributed by atoms with Crippen LogP contribution in [0.5, 0.6) is 0 Å². The number of nitrogens with one attached hydrogen (secondary N) is 1. The lowest BCUT2D eigenvalue weighted by molar-refractivity contribution is 0.0697. The number of carboxylic acid groups (broad SMARTS) is 1. The van der Waals surface area contributed by atoms with E-state index in [-0.39, 0.29) is 0 Å². The molecule has 0 radical (unpaired) electrons. The van der Waals surface area contributed by atoms with E-state index in [2.05, 4.69) is 12.2 Å². The number of hydrogen-bond acceptors (Lipinski definition) is 2. The van der Waals surface area contributed by atoms with Crippen LogP contribution < -0.4 is 5.32 Å². The Hall–Kier alpha value is -1.51. The van der Waals surface area contributed by atoms with Crippen molar-refractivity contribution >= 4 is 11.7 Å². The lowest BCUT2D eigenvalue weighted by atomic mass is 9.82. The van der Waals surface area contributed by atoms with Crippen LogP contribution in [0.1, 0.15) is 48.5 Å². The first-order valence-electron chi connectivity index (χ1n) is 7.14. The van der Waals surface area contributed by atoms with E-state index in [1.807, 2.05) is 19.1 Å². The summed E-state index contributed by atoms with van der Waals surface area (Å²) in [7, 11) is 0. The van der Waals surface area contributed by atoms with Crippen LogP contribution in [0, 0.1) is 18.8 Å². The van der Waals surface area contributed by atoms with Gasteiger partial charge in [-0.3, -0.25) is 0 Å². The highest BCUT2D eigenvalue weighted by Gasteiger charge is 2.19. The summed E-state index contributed by atoms with van der Waals surface area (Å²) in [6.07, 6.45) is 5.14. The number of carbonyl (C=O) groups is 1. The second-order valence-electron chi connectivity index (χ2n) is 5.87. The SMILES string of the molecule is Cc1ccc(NCC2CCCC(C)C2)c(C(=O)O)c1. The van der Waals surface area contributed by atoms with Gasteiger partial charge in [0.25, 0.3) is 0 Å². The second kappa shape index (κ2) is 6.09. The van der Waals surface area contributed by atoms with Crippen molar-refractivity contribution in [1.29, 1.82) is 0 Å². The highest BCUT2D eigenvalue weighted by molar-refractivity contribution is 5.94. The average molecular weight is 261 g/mol. The molecular weight excluding hydrogens is 238 g/mol. The fourth-order valence-electron chi connectivity index (χ4n) is 2.99. The minimum absolute atomic E-state index is 0.379. The van der Waals surface area contributed by atoms with Crippen LogP contribution in [0.15, 0.2) is 18.2 Å². The van der Waals surface area contributed by atoms with Crippen LogP contribution in [0.4, 0.5) is 5.69 Å². The molecule has 1 aromatic carbocycles. The molecule has 0 aromatic heterocycles. The third kappa shape index (κ3) is 3.72. The predicted molar refractivity (Wildman–Crippen MR) is 77.8 cm³/mol. The molecule has 104 valence electrons. The molecule has 0 amide bonds. The number of carboxylic acids is 1. The number of hydrogen-bond donors (Lipinski definition) is 2. The summed E-state index contributed by atoms with van der Waals surface area (Å²) < 4.78 is 0. The van der Waals surface area contributed by atoms with Crippen LogP contribution in [0.2, 0.25) is 0 Å². The fraction of sp³-hybridized carbons (Fsp3) is 0.562. The maximum Gasteiger partial charge on any atom is 0.337 e. The highest BCUT2D eigenvalue weighted by atomic mass is 16.4. The van der Waals surface area contributed by atoms with Crippen LogP contribution in [-0.4, -0.2) is 17.6 Å². The smallest absolute Gasteiger partial charge is 0.337 e. The molecule has 2 unspecified atom stereocenters. The summed E-state index contributed by atoms with van der Waals surface area (Å²) in [5.74, 6) is 0.618. The Balaban J connectivity index is 2.01. The van der Waals surface area contributed by atoms with Gasteiger partial charge in [0, 0.05) is 12.2 Å². The zero-order valence-electron chi connectivity index (χ0n) is 11.8. The van der Waals surface area contributed by atoms with Crippen LogP contribution in [0.3, 0.4) is 0 Å². The first-order valence-corrected chi connectivity index (χ1v) is 7.14. The van der Waals surface area contributed by atoms with Gasteiger partial charge in [0.2, 0.25) is 0 Å². The molecular formula is C16H23NO2. The Labute approximate surface area is 115 Å². The quantitative estimate of drug-likeness (QED) is 0.863. The van der Waals surface area contributed by atoms with Crippen molar-refractivity contribution in [2.24, 2.45) is 11.8 Å². The molecule has 1 aliphatic rings. The van der Waals surface area contributed by atoms with E-state index in [4.69, 9.17) is 0 Å². The van der Waals surface area contributed by atoms with Crippen molar-refractivity contribution < 1.29 is 9.90 Å². The molecule has 2 N–H and O–H groups in total. The summed E-state index contributed by atoms with van der Waals surface area (Å²) in [4.78, 5) is 11.2. The van der Waals surface area contributed by atoms with Gasteiger partial charge in [0.1, 0.15) is 0 Å². The number of anilines is 1. The molecule has 2 rings (SSSR count). The molecule has 0 heterocycles. The van der Waals surface area contributed by atoms with Gasteiger partial charge in [-0.1, -0.05) is 31.4 Å². The van der Waals surface area contributed by atoms with Crippen molar-refractivity contribution in [1.82, 2.24) is 0 Å². The van der Waals surface area contributed by atoms with E-state index < -0.39 is 5.97 Å². The zero-order valence-corrected chi connectivity index (χ0v) is 11.8. The molecule has 2 atom stereocenters. The molecule has 1 fully saturated rings. The van der Waals surface area contributed by atoms with Crippen molar-refractivity contribution in [2.75, 3.05) is 11.9 Å². The Bertz CT molecular complexity index is 456. The van der Waals surface area contributed by atoms with Gasteiger partial charge in [-0.05, 0) is 43.7 Å². The van der Waals surface area contributed by atoms with Gasteiger partial charge in [0.15, 0.2) is 0 Å². The van der Waals surface area contributed by atoms with Gasteiger partial charge >= 0.3 is 5.97 Å². The maximum atomic E-state index is 11.2. The normalized spacial score (nSPS) is 23.1. The van der Waals surface area contributed by atoms with E-state index in [1.54, 1.807) is 6.07 Å².